The molecule has 0 aliphatic heterocycles. The highest BCUT2D eigenvalue weighted by atomic mass is 35.5. The lowest BCUT2D eigenvalue weighted by Gasteiger charge is -2.03. The number of nitrogens with two attached hydrogens (primary N) is 1. The first-order chi connectivity index (χ1) is 9.58. The van der Waals surface area contributed by atoms with E-state index in [1.54, 1.807) is 24.5 Å². The monoisotopic (exact) mass is 308 g/mol. The molecule has 1 aromatic carbocycles. The van der Waals surface area contributed by atoms with Crippen LogP contribution in [-0.4, -0.2) is 5.16 Å². The highest BCUT2D eigenvalue weighted by molar-refractivity contribution is 6.42. The number of aromatic nitrogens is 1. The van der Waals surface area contributed by atoms with Gasteiger partial charge in [0, 0.05) is 0 Å². The normalized spacial score (nSPS) is 10.9. The first-order valence-corrected chi connectivity index (χ1v) is 6.58. The maximum Gasteiger partial charge on any atom is 0.212 e. The lowest BCUT2D eigenvalue weighted by Crippen LogP contribution is -1.89. The van der Waals surface area contributed by atoms with Crippen molar-refractivity contribution in [3.8, 4) is 22.6 Å². The summed E-state index contributed by atoms with van der Waals surface area (Å²) in [6.45, 7) is 1.91. The van der Waals surface area contributed by atoms with E-state index in [2.05, 4.69) is 5.16 Å². The molecule has 2 N–H and O–H groups in total. The third-order valence-corrected chi connectivity index (χ3v) is 3.73. The maximum absolute atomic E-state index is 6.04. The van der Waals surface area contributed by atoms with Crippen molar-refractivity contribution >= 4 is 29.0 Å². The van der Waals surface area contributed by atoms with E-state index in [4.69, 9.17) is 37.9 Å². The predicted octanol–water partition coefficient (Wildman–Crippen LogP) is 4.80. The number of hydrogen-bond donors (Lipinski definition) is 1. The van der Waals surface area contributed by atoms with Crippen LogP contribution in [0, 0.1) is 6.92 Å². The number of nitrogen functional groups attached to an aromatic ring is 1. The number of rotatable bonds is 2. The second kappa shape index (κ2) is 4.89. The van der Waals surface area contributed by atoms with Crippen molar-refractivity contribution < 1.29 is 8.94 Å². The number of anilines is 1. The molecule has 20 heavy (non-hydrogen) atoms. The molecule has 0 amide bonds. The van der Waals surface area contributed by atoms with E-state index < -0.39 is 0 Å². The Balaban J connectivity index is 2.21. The number of furan rings is 1. The van der Waals surface area contributed by atoms with Crippen LogP contribution in [0.1, 0.15) is 5.56 Å². The minimum absolute atomic E-state index is 0.272. The van der Waals surface area contributed by atoms with E-state index in [9.17, 15) is 0 Å². The second-order valence-corrected chi connectivity index (χ2v) is 5.15. The summed E-state index contributed by atoms with van der Waals surface area (Å²) in [5, 5.41) is 4.72. The van der Waals surface area contributed by atoms with E-state index in [-0.39, 0.29) is 5.82 Å². The number of nitrogens with zero attached hydrogens (tertiary/aromatic N) is 1. The van der Waals surface area contributed by atoms with Crippen LogP contribution in [0.5, 0.6) is 0 Å². The number of aryl methyl sites for hydroxylation is 1. The zero-order chi connectivity index (χ0) is 14.3. The van der Waals surface area contributed by atoms with Gasteiger partial charge in [-0.05, 0) is 36.2 Å². The molecular formula is C14H10Cl2N2O2. The molecule has 0 bridgehead atoms. The first-order valence-electron chi connectivity index (χ1n) is 5.83. The van der Waals surface area contributed by atoms with Gasteiger partial charge in [-0.15, -0.1) is 0 Å². The average molecular weight is 309 g/mol. The third kappa shape index (κ3) is 2.07. The van der Waals surface area contributed by atoms with Gasteiger partial charge in [-0.25, -0.2) is 0 Å². The van der Waals surface area contributed by atoms with E-state index in [0.717, 1.165) is 11.1 Å². The van der Waals surface area contributed by atoms with Crippen LogP contribution >= 0.6 is 23.2 Å². The van der Waals surface area contributed by atoms with Crippen LogP contribution in [0.25, 0.3) is 22.6 Å². The van der Waals surface area contributed by atoms with Gasteiger partial charge in [-0.2, -0.15) is 0 Å². The lowest BCUT2D eigenvalue weighted by molar-refractivity contribution is 0.421. The van der Waals surface area contributed by atoms with Crippen molar-refractivity contribution in [3.63, 3.8) is 0 Å². The van der Waals surface area contributed by atoms with Gasteiger partial charge in [-0.3, -0.25) is 0 Å². The first kappa shape index (κ1) is 13.1. The fourth-order valence-corrected chi connectivity index (χ4v) is 2.29. The van der Waals surface area contributed by atoms with Crippen molar-refractivity contribution in [2.24, 2.45) is 0 Å². The number of hydrogen-bond acceptors (Lipinski definition) is 4. The fourth-order valence-electron chi connectivity index (χ4n) is 1.99. The number of halogens is 2. The van der Waals surface area contributed by atoms with Crippen LogP contribution < -0.4 is 5.73 Å². The Morgan fingerprint density at radius 3 is 2.55 bits per heavy atom. The summed E-state index contributed by atoms with van der Waals surface area (Å²) in [6.07, 6.45) is 1.59. The quantitative estimate of drug-likeness (QED) is 0.738. The molecule has 0 spiro atoms. The van der Waals surface area contributed by atoms with Gasteiger partial charge in [0.1, 0.15) is 0 Å². The van der Waals surface area contributed by atoms with Crippen LogP contribution in [-0.2, 0) is 0 Å². The largest absolute Gasteiger partial charge is 0.461 e. The van der Waals surface area contributed by atoms with Gasteiger partial charge in [-0.1, -0.05) is 34.4 Å². The SMILES string of the molecule is Cc1ccoc1-c1onc(N)c1-c1ccc(Cl)c(Cl)c1. The number of benzene rings is 1. The Morgan fingerprint density at radius 1 is 1.10 bits per heavy atom. The molecular weight excluding hydrogens is 299 g/mol. The molecule has 3 aromatic rings. The Morgan fingerprint density at radius 2 is 1.90 bits per heavy atom. The topological polar surface area (TPSA) is 65.2 Å². The summed E-state index contributed by atoms with van der Waals surface area (Å²) >= 11 is 12.0. The second-order valence-electron chi connectivity index (χ2n) is 4.33. The molecule has 0 aliphatic rings. The van der Waals surface area contributed by atoms with Gasteiger partial charge in [0.2, 0.25) is 5.76 Å². The molecule has 3 rings (SSSR count). The summed E-state index contributed by atoms with van der Waals surface area (Å²) in [5.41, 5.74) is 8.24. The highest BCUT2D eigenvalue weighted by Crippen LogP contribution is 2.39. The standard InChI is InChI=1S/C14H10Cl2N2O2/c1-7-4-5-19-12(7)13-11(14(17)18-20-13)8-2-3-9(15)10(16)6-8/h2-6H,1H3,(H2,17,18). The van der Waals surface area contributed by atoms with E-state index in [0.29, 0.717) is 27.1 Å². The molecule has 102 valence electrons. The zero-order valence-corrected chi connectivity index (χ0v) is 12.0. The van der Waals surface area contributed by atoms with Gasteiger partial charge in [0.05, 0.1) is 21.9 Å². The van der Waals surface area contributed by atoms with E-state index >= 15 is 0 Å². The molecule has 0 atom stereocenters. The van der Waals surface area contributed by atoms with Crippen LogP contribution in [0.15, 0.2) is 39.5 Å². The summed E-state index contributed by atoms with van der Waals surface area (Å²) in [5.74, 6) is 1.34. The maximum atomic E-state index is 6.04. The minimum Gasteiger partial charge on any atom is -0.461 e. The van der Waals surface area contributed by atoms with Crippen molar-refractivity contribution in [2.75, 3.05) is 5.73 Å². The lowest BCUT2D eigenvalue weighted by atomic mass is 10.0. The predicted molar refractivity (Wildman–Crippen MR) is 78.8 cm³/mol. The molecule has 0 radical (unpaired) electrons. The van der Waals surface area contributed by atoms with Crippen LogP contribution in [0.3, 0.4) is 0 Å². The average Bonchev–Trinajstić information content (AvgIpc) is 2.99. The van der Waals surface area contributed by atoms with Crippen LogP contribution in [0.4, 0.5) is 5.82 Å². The van der Waals surface area contributed by atoms with E-state index in [1.807, 2.05) is 13.0 Å². The van der Waals surface area contributed by atoms with E-state index in [1.165, 1.54) is 0 Å². The molecule has 4 nitrogen and oxygen atoms in total. The molecule has 0 saturated carbocycles. The summed E-state index contributed by atoms with van der Waals surface area (Å²) in [6, 6.07) is 7.06. The molecule has 0 saturated heterocycles. The summed E-state index contributed by atoms with van der Waals surface area (Å²) in [4.78, 5) is 0. The third-order valence-electron chi connectivity index (χ3n) is 3.00. The van der Waals surface area contributed by atoms with Gasteiger partial charge >= 0.3 is 0 Å². The molecule has 0 unspecified atom stereocenters. The Bertz CT molecular complexity index is 777. The smallest absolute Gasteiger partial charge is 0.212 e. The summed E-state index contributed by atoms with van der Waals surface area (Å²) in [7, 11) is 0. The minimum atomic E-state index is 0.272. The molecule has 0 aliphatic carbocycles. The Labute approximate surface area is 125 Å². The zero-order valence-electron chi connectivity index (χ0n) is 10.5. The van der Waals surface area contributed by atoms with Crippen molar-refractivity contribution in [1.82, 2.24) is 5.16 Å². The molecule has 2 aromatic heterocycles. The van der Waals surface area contributed by atoms with Crippen molar-refractivity contribution in [1.29, 1.82) is 0 Å². The Kier molecular flexibility index (Phi) is 3.20. The van der Waals surface area contributed by atoms with Crippen molar-refractivity contribution in [2.45, 2.75) is 6.92 Å². The van der Waals surface area contributed by atoms with Crippen LogP contribution in [0.2, 0.25) is 10.0 Å². The molecule has 6 heteroatoms. The highest BCUT2D eigenvalue weighted by Gasteiger charge is 2.21. The van der Waals surface area contributed by atoms with Crippen molar-refractivity contribution in [3.05, 3.63) is 46.1 Å². The Hall–Kier alpha value is -1.91. The summed E-state index contributed by atoms with van der Waals surface area (Å²) < 4.78 is 10.7. The van der Waals surface area contributed by atoms with Gasteiger partial charge in [0.25, 0.3) is 0 Å². The fraction of sp³-hybridized carbons (Fsp3) is 0.0714. The molecule has 2 heterocycles. The van der Waals surface area contributed by atoms with Gasteiger partial charge < -0.3 is 14.7 Å². The van der Waals surface area contributed by atoms with Gasteiger partial charge in [0.15, 0.2) is 11.6 Å². The molecule has 0 fully saturated rings.